The summed E-state index contributed by atoms with van der Waals surface area (Å²) in [5.41, 5.74) is 5.62. The molecule has 0 bridgehead atoms. The summed E-state index contributed by atoms with van der Waals surface area (Å²) in [6.45, 7) is 5.10. The largest absolute Gasteiger partial charge is 0.394 e. The quantitative estimate of drug-likeness (QED) is 0.500. The van der Waals surface area contributed by atoms with E-state index in [-0.39, 0.29) is 12.1 Å². The van der Waals surface area contributed by atoms with Gasteiger partial charge in [-0.25, -0.2) is 0 Å². The highest BCUT2D eigenvalue weighted by Gasteiger charge is 2.31. The van der Waals surface area contributed by atoms with Crippen LogP contribution in [0.3, 0.4) is 0 Å². The first-order chi connectivity index (χ1) is 7.58. The summed E-state index contributed by atoms with van der Waals surface area (Å²) in [7, 11) is 0. The lowest BCUT2D eigenvalue weighted by molar-refractivity contribution is 0.139. The van der Waals surface area contributed by atoms with Crippen molar-refractivity contribution in [3.8, 4) is 0 Å². The molecule has 0 amide bonds. The molecule has 1 aliphatic rings. The van der Waals surface area contributed by atoms with Gasteiger partial charge in [0.1, 0.15) is 0 Å². The van der Waals surface area contributed by atoms with Crippen LogP contribution in [-0.4, -0.2) is 29.8 Å². The monoisotopic (exact) mass is 227 g/mol. The van der Waals surface area contributed by atoms with Crippen LogP contribution in [0.2, 0.25) is 0 Å². The number of rotatable bonds is 4. The molecule has 0 unspecified atom stereocenters. The molecule has 16 heavy (non-hydrogen) atoms. The Kier molecular flexibility index (Phi) is 5.06. The van der Waals surface area contributed by atoms with Gasteiger partial charge in [0.15, 0.2) is 5.96 Å². The number of hydrogen-bond acceptors (Lipinski definition) is 2. The second-order valence-electron chi connectivity index (χ2n) is 5.24. The Balaban J connectivity index is 2.51. The Morgan fingerprint density at radius 1 is 1.38 bits per heavy atom. The minimum Gasteiger partial charge on any atom is -0.394 e. The van der Waals surface area contributed by atoms with Gasteiger partial charge < -0.3 is 16.2 Å². The van der Waals surface area contributed by atoms with Crippen molar-refractivity contribution in [2.24, 2.45) is 16.6 Å². The zero-order valence-corrected chi connectivity index (χ0v) is 10.5. The number of hydrogen-bond donors (Lipinski definition) is 3. The standard InChI is InChI=1S/C12H25N3O/c1-10(2)8-14-11(13)15-12(9-16)6-4-3-5-7-12/h10,16H,3-9H2,1-2H3,(H3,13,14,15). The van der Waals surface area contributed by atoms with Crippen LogP contribution in [0.4, 0.5) is 0 Å². The number of nitrogens with one attached hydrogen (secondary N) is 1. The average Bonchev–Trinajstić information content (AvgIpc) is 2.28. The molecule has 1 aliphatic carbocycles. The molecule has 0 aromatic heterocycles. The van der Waals surface area contributed by atoms with Crippen molar-refractivity contribution in [3.63, 3.8) is 0 Å². The first kappa shape index (κ1) is 13.3. The summed E-state index contributed by atoms with van der Waals surface area (Å²) in [5, 5.41) is 12.7. The first-order valence-corrected chi connectivity index (χ1v) is 6.27. The van der Waals surface area contributed by atoms with Crippen molar-refractivity contribution in [3.05, 3.63) is 0 Å². The summed E-state index contributed by atoms with van der Waals surface area (Å²) in [5.74, 6) is 0.987. The van der Waals surface area contributed by atoms with E-state index >= 15 is 0 Å². The van der Waals surface area contributed by atoms with Crippen LogP contribution in [0.1, 0.15) is 46.0 Å². The van der Waals surface area contributed by atoms with Crippen molar-refractivity contribution in [2.45, 2.75) is 51.5 Å². The third kappa shape index (κ3) is 4.00. The average molecular weight is 227 g/mol. The Morgan fingerprint density at radius 3 is 2.50 bits per heavy atom. The minimum atomic E-state index is -0.219. The van der Waals surface area contributed by atoms with Gasteiger partial charge >= 0.3 is 0 Å². The van der Waals surface area contributed by atoms with Gasteiger partial charge in [0.25, 0.3) is 0 Å². The van der Waals surface area contributed by atoms with E-state index in [1.54, 1.807) is 0 Å². The lowest BCUT2D eigenvalue weighted by Crippen LogP contribution is -2.55. The van der Waals surface area contributed by atoms with E-state index in [4.69, 9.17) is 5.73 Å². The molecular formula is C12H25N3O. The van der Waals surface area contributed by atoms with Crippen molar-refractivity contribution in [1.82, 2.24) is 5.32 Å². The Hall–Kier alpha value is -0.770. The van der Waals surface area contributed by atoms with E-state index in [1.165, 1.54) is 6.42 Å². The second kappa shape index (κ2) is 6.09. The fraction of sp³-hybridized carbons (Fsp3) is 0.917. The number of aliphatic hydroxyl groups is 1. The van der Waals surface area contributed by atoms with Gasteiger partial charge in [-0.05, 0) is 18.8 Å². The van der Waals surface area contributed by atoms with Gasteiger partial charge in [-0.2, -0.15) is 0 Å². The molecule has 4 heteroatoms. The minimum absolute atomic E-state index is 0.144. The molecule has 94 valence electrons. The summed E-state index contributed by atoms with van der Waals surface area (Å²) in [4.78, 5) is 4.28. The zero-order chi connectivity index (χ0) is 12.0. The molecule has 0 saturated heterocycles. The van der Waals surface area contributed by atoms with Crippen molar-refractivity contribution < 1.29 is 5.11 Å². The van der Waals surface area contributed by atoms with Gasteiger partial charge in [0.05, 0.1) is 12.1 Å². The third-order valence-electron chi connectivity index (χ3n) is 3.13. The summed E-state index contributed by atoms with van der Waals surface area (Å²) in [6.07, 6.45) is 5.55. The van der Waals surface area contributed by atoms with Gasteiger partial charge in [0, 0.05) is 6.54 Å². The summed E-state index contributed by atoms with van der Waals surface area (Å²) >= 11 is 0. The Labute approximate surface area is 98.3 Å². The molecule has 4 N–H and O–H groups in total. The summed E-state index contributed by atoms with van der Waals surface area (Å²) in [6, 6.07) is 0. The van der Waals surface area contributed by atoms with E-state index in [0.29, 0.717) is 11.9 Å². The molecule has 0 heterocycles. The van der Waals surface area contributed by atoms with Crippen LogP contribution in [0, 0.1) is 5.92 Å². The van der Waals surface area contributed by atoms with Gasteiger partial charge in [-0.3, -0.25) is 4.99 Å². The van der Waals surface area contributed by atoms with Crippen LogP contribution >= 0.6 is 0 Å². The fourth-order valence-electron chi connectivity index (χ4n) is 2.14. The van der Waals surface area contributed by atoms with Gasteiger partial charge in [-0.15, -0.1) is 0 Å². The lowest BCUT2D eigenvalue weighted by atomic mass is 9.82. The van der Waals surface area contributed by atoms with Crippen LogP contribution in [-0.2, 0) is 0 Å². The molecule has 1 saturated carbocycles. The second-order valence-corrected chi connectivity index (χ2v) is 5.24. The molecule has 1 rings (SSSR count). The molecular weight excluding hydrogens is 202 g/mol. The number of nitrogens with two attached hydrogens (primary N) is 1. The number of guanidine groups is 1. The molecule has 0 radical (unpaired) electrons. The molecule has 4 nitrogen and oxygen atoms in total. The van der Waals surface area contributed by atoms with Crippen molar-refractivity contribution >= 4 is 5.96 Å². The highest BCUT2D eigenvalue weighted by molar-refractivity contribution is 5.78. The maximum absolute atomic E-state index is 9.49. The Bertz CT molecular complexity index is 232. The molecule has 0 atom stereocenters. The lowest BCUT2D eigenvalue weighted by Gasteiger charge is -2.36. The third-order valence-corrected chi connectivity index (χ3v) is 3.13. The van der Waals surface area contributed by atoms with Crippen LogP contribution in [0.25, 0.3) is 0 Å². The molecule has 1 fully saturated rings. The predicted molar refractivity (Wildman–Crippen MR) is 67.4 cm³/mol. The number of aliphatic imine (C=N–C) groups is 1. The van der Waals surface area contributed by atoms with E-state index in [0.717, 1.165) is 32.2 Å². The summed E-state index contributed by atoms with van der Waals surface area (Å²) < 4.78 is 0. The maximum atomic E-state index is 9.49. The van der Waals surface area contributed by atoms with Gasteiger partial charge in [-0.1, -0.05) is 33.1 Å². The smallest absolute Gasteiger partial charge is 0.189 e. The van der Waals surface area contributed by atoms with Crippen molar-refractivity contribution in [2.75, 3.05) is 13.2 Å². The fourth-order valence-corrected chi connectivity index (χ4v) is 2.14. The highest BCUT2D eigenvalue weighted by atomic mass is 16.3. The topological polar surface area (TPSA) is 70.6 Å². The SMILES string of the molecule is CC(C)CN=C(N)NC1(CO)CCCCC1. The molecule has 0 aromatic rings. The molecule has 0 aliphatic heterocycles. The van der Waals surface area contributed by atoms with Crippen LogP contribution < -0.4 is 11.1 Å². The number of aliphatic hydroxyl groups excluding tert-OH is 1. The van der Waals surface area contributed by atoms with Gasteiger partial charge in [0.2, 0.25) is 0 Å². The van der Waals surface area contributed by atoms with Crippen LogP contribution in [0.15, 0.2) is 4.99 Å². The molecule has 0 spiro atoms. The van der Waals surface area contributed by atoms with E-state index in [1.807, 2.05) is 0 Å². The normalized spacial score (nSPS) is 21.1. The van der Waals surface area contributed by atoms with Crippen LogP contribution in [0.5, 0.6) is 0 Å². The van der Waals surface area contributed by atoms with E-state index in [9.17, 15) is 5.11 Å². The highest BCUT2D eigenvalue weighted by Crippen LogP contribution is 2.27. The predicted octanol–water partition coefficient (Wildman–Crippen LogP) is 1.24. The Morgan fingerprint density at radius 2 is 2.00 bits per heavy atom. The zero-order valence-electron chi connectivity index (χ0n) is 10.5. The van der Waals surface area contributed by atoms with Crippen molar-refractivity contribution in [1.29, 1.82) is 0 Å². The first-order valence-electron chi connectivity index (χ1n) is 6.27. The maximum Gasteiger partial charge on any atom is 0.189 e. The van der Waals surface area contributed by atoms with E-state index in [2.05, 4.69) is 24.2 Å². The number of nitrogens with zero attached hydrogens (tertiary/aromatic N) is 1. The molecule has 0 aromatic carbocycles. The van der Waals surface area contributed by atoms with E-state index < -0.39 is 0 Å².